The Kier molecular flexibility index (Phi) is 4.09. The maximum Gasteiger partial charge on any atom is 0.264 e. The van der Waals surface area contributed by atoms with Crippen LogP contribution in [-0.2, 0) is 10.0 Å². The molecule has 6 heteroatoms. The van der Waals surface area contributed by atoms with Crippen LogP contribution < -0.4 is 10.0 Å². The van der Waals surface area contributed by atoms with E-state index in [2.05, 4.69) is 0 Å². The van der Waals surface area contributed by atoms with Gasteiger partial charge in [-0.1, -0.05) is 12.1 Å². The van der Waals surface area contributed by atoms with Crippen molar-refractivity contribution in [2.24, 2.45) is 0 Å². The van der Waals surface area contributed by atoms with Crippen LogP contribution in [0.4, 0.5) is 11.4 Å². The molecule has 112 valence electrons. The number of hydrogen-bond acceptors (Lipinski definition) is 4. The highest BCUT2D eigenvalue weighted by atomic mass is 32.2. The summed E-state index contributed by atoms with van der Waals surface area (Å²) in [7, 11) is -3.73. The van der Waals surface area contributed by atoms with Gasteiger partial charge in [0.1, 0.15) is 5.75 Å². The van der Waals surface area contributed by atoms with Crippen LogP contribution in [-0.4, -0.2) is 20.1 Å². The van der Waals surface area contributed by atoms with Gasteiger partial charge in [0.25, 0.3) is 10.0 Å². The number of phenolic OH excluding ortho intramolecular Hbond substituents is 1. The molecule has 0 bridgehead atoms. The molecule has 2 aromatic rings. The minimum Gasteiger partial charge on any atom is -0.508 e. The summed E-state index contributed by atoms with van der Waals surface area (Å²) in [5.41, 5.74) is 7.17. The number of aromatic hydroxyl groups is 1. The Morgan fingerprint density at radius 1 is 1.19 bits per heavy atom. The van der Waals surface area contributed by atoms with E-state index >= 15 is 0 Å². The van der Waals surface area contributed by atoms with Gasteiger partial charge in [0, 0.05) is 18.3 Å². The maximum absolute atomic E-state index is 12.8. The van der Waals surface area contributed by atoms with Gasteiger partial charge < -0.3 is 10.8 Å². The van der Waals surface area contributed by atoms with Gasteiger partial charge in [-0.3, -0.25) is 4.31 Å². The topological polar surface area (TPSA) is 83.6 Å². The van der Waals surface area contributed by atoms with E-state index < -0.39 is 10.0 Å². The first-order valence-electron chi connectivity index (χ1n) is 6.54. The predicted molar refractivity (Wildman–Crippen MR) is 83.9 cm³/mol. The largest absolute Gasteiger partial charge is 0.508 e. The van der Waals surface area contributed by atoms with Gasteiger partial charge in [-0.05, 0) is 43.7 Å². The molecule has 0 atom stereocenters. The van der Waals surface area contributed by atoms with E-state index in [9.17, 15) is 13.5 Å². The van der Waals surface area contributed by atoms with Gasteiger partial charge in [0.05, 0.1) is 10.6 Å². The van der Waals surface area contributed by atoms with Crippen LogP contribution in [0.3, 0.4) is 0 Å². The smallest absolute Gasteiger partial charge is 0.264 e. The van der Waals surface area contributed by atoms with E-state index in [1.165, 1.54) is 22.5 Å². The molecule has 3 N–H and O–H groups in total. The van der Waals surface area contributed by atoms with Gasteiger partial charge in [0.15, 0.2) is 0 Å². The van der Waals surface area contributed by atoms with Crippen molar-refractivity contribution in [3.8, 4) is 5.75 Å². The number of benzene rings is 2. The summed E-state index contributed by atoms with van der Waals surface area (Å²) in [6, 6.07) is 11.0. The molecule has 0 spiro atoms. The summed E-state index contributed by atoms with van der Waals surface area (Å²) in [5.74, 6) is 0.0189. The summed E-state index contributed by atoms with van der Waals surface area (Å²) in [6.45, 7) is 3.67. The Hall–Kier alpha value is -2.21. The van der Waals surface area contributed by atoms with Crippen molar-refractivity contribution in [1.29, 1.82) is 0 Å². The summed E-state index contributed by atoms with van der Waals surface area (Å²) in [6.07, 6.45) is 0. The molecule has 0 saturated carbocycles. The van der Waals surface area contributed by atoms with E-state index in [1.54, 1.807) is 38.1 Å². The molecule has 0 radical (unpaired) electrons. The average molecular weight is 306 g/mol. The molecule has 0 amide bonds. The van der Waals surface area contributed by atoms with Crippen molar-refractivity contribution in [1.82, 2.24) is 0 Å². The SMILES string of the molecule is CCN(c1cccc(O)c1)S(=O)(=O)c1cccc(N)c1C. The van der Waals surface area contributed by atoms with Crippen molar-refractivity contribution >= 4 is 21.4 Å². The number of rotatable bonds is 4. The average Bonchev–Trinajstić information content (AvgIpc) is 2.42. The second kappa shape index (κ2) is 5.65. The first-order chi connectivity index (χ1) is 9.87. The molecule has 2 aromatic carbocycles. The van der Waals surface area contributed by atoms with Crippen LogP contribution in [0.5, 0.6) is 5.75 Å². The molecule has 0 aromatic heterocycles. The van der Waals surface area contributed by atoms with Gasteiger partial charge in [-0.2, -0.15) is 0 Å². The number of nitrogen functional groups attached to an aromatic ring is 1. The molecule has 0 aliphatic rings. The maximum atomic E-state index is 12.8. The lowest BCUT2D eigenvalue weighted by molar-refractivity contribution is 0.475. The second-order valence-electron chi connectivity index (χ2n) is 4.66. The third kappa shape index (κ3) is 2.80. The molecular weight excluding hydrogens is 288 g/mol. The minimum atomic E-state index is -3.73. The Labute approximate surface area is 124 Å². The quantitative estimate of drug-likeness (QED) is 0.850. The second-order valence-corrected chi connectivity index (χ2v) is 6.49. The number of sulfonamides is 1. The number of phenols is 1. The van der Waals surface area contributed by atoms with Crippen molar-refractivity contribution in [2.75, 3.05) is 16.6 Å². The third-order valence-corrected chi connectivity index (χ3v) is 5.35. The van der Waals surface area contributed by atoms with Crippen LogP contribution in [0, 0.1) is 6.92 Å². The number of anilines is 2. The molecular formula is C15H18N2O3S. The standard InChI is InChI=1S/C15H18N2O3S/c1-3-17(12-6-4-7-13(18)10-12)21(19,20)15-9-5-8-14(16)11(15)2/h4-10,18H,3,16H2,1-2H3. The third-order valence-electron chi connectivity index (χ3n) is 3.30. The molecule has 0 heterocycles. The number of nitrogens with two attached hydrogens (primary N) is 1. The van der Waals surface area contributed by atoms with Crippen LogP contribution in [0.25, 0.3) is 0 Å². The van der Waals surface area contributed by atoms with Crippen LogP contribution in [0.2, 0.25) is 0 Å². The highest BCUT2D eigenvalue weighted by Gasteiger charge is 2.26. The normalized spacial score (nSPS) is 11.3. The van der Waals surface area contributed by atoms with E-state index in [1.807, 2.05) is 0 Å². The molecule has 5 nitrogen and oxygen atoms in total. The predicted octanol–water partition coefficient (Wildman–Crippen LogP) is 2.50. The molecule has 21 heavy (non-hydrogen) atoms. The molecule has 0 aliphatic heterocycles. The first kappa shape index (κ1) is 15.2. The van der Waals surface area contributed by atoms with Gasteiger partial charge in [-0.15, -0.1) is 0 Å². The zero-order chi connectivity index (χ0) is 15.6. The monoisotopic (exact) mass is 306 g/mol. The van der Waals surface area contributed by atoms with Crippen molar-refractivity contribution < 1.29 is 13.5 Å². The van der Waals surface area contributed by atoms with Gasteiger partial charge in [-0.25, -0.2) is 8.42 Å². The molecule has 0 saturated heterocycles. The first-order valence-corrected chi connectivity index (χ1v) is 7.98. The molecule has 0 fully saturated rings. The van der Waals surface area contributed by atoms with Crippen LogP contribution in [0.1, 0.15) is 12.5 Å². The lowest BCUT2D eigenvalue weighted by atomic mass is 10.2. The van der Waals surface area contributed by atoms with Crippen LogP contribution in [0.15, 0.2) is 47.4 Å². The summed E-state index contributed by atoms with van der Waals surface area (Å²) in [4.78, 5) is 0.174. The molecule has 0 unspecified atom stereocenters. The van der Waals surface area contributed by atoms with E-state index in [0.717, 1.165) is 0 Å². The zero-order valence-electron chi connectivity index (χ0n) is 11.9. The summed E-state index contributed by atoms with van der Waals surface area (Å²) >= 11 is 0. The highest BCUT2D eigenvalue weighted by molar-refractivity contribution is 7.92. The van der Waals surface area contributed by atoms with E-state index in [4.69, 9.17) is 5.73 Å². The summed E-state index contributed by atoms with van der Waals surface area (Å²) < 4.78 is 26.9. The number of hydrogen-bond donors (Lipinski definition) is 2. The highest BCUT2D eigenvalue weighted by Crippen LogP contribution is 2.29. The molecule has 2 rings (SSSR count). The van der Waals surface area contributed by atoms with Crippen molar-refractivity contribution in [3.05, 3.63) is 48.0 Å². The Balaban J connectivity index is 2.58. The minimum absolute atomic E-state index is 0.0189. The van der Waals surface area contributed by atoms with Gasteiger partial charge in [0.2, 0.25) is 0 Å². The van der Waals surface area contributed by atoms with Crippen LogP contribution >= 0.6 is 0 Å². The fourth-order valence-corrected chi connectivity index (χ4v) is 3.89. The molecule has 0 aliphatic carbocycles. The van der Waals surface area contributed by atoms with E-state index in [0.29, 0.717) is 16.9 Å². The van der Waals surface area contributed by atoms with Crippen molar-refractivity contribution in [3.63, 3.8) is 0 Å². The van der Waals surface area contributed by atoms with Gasteiger partial charge >= 0.3 is 0 Å². The van der Waals surface area contributed by atoms with E-state index in [-0.39, 0.29) is 17.2 Å². The zero-order valence-corrected chi connectivity index (χ0v) is 12.8. The lowest BCUT2D eigenvalue weighted by Gasteiger charge is -2.24. The summed E-state index contributed by atoms with van der Waals surface area (Å²) in [5, 5.41) is 9.55. The fourth-order valence-electron chi connectivity index (χ4n) is 2.17. The number of nitrogens with zero attached hydrogens (tertiary/aromatic N) is 1. The lowest BCUT2D eigenvalue weighted by Crippen LogP contribution is -2.31. The Morgan fingerprint density at radius 2 is 1.86 bits per heavy atom. The Morgan fingerprint density at radius 3 is 2.48 bits per heavy atom. The Bertz CT molecular complexity index is 757. The fraction of sp³-hybridized carbons (Fsp3) is 0.200. The van der Waals surface area contributed by atoms with Crippen molar-refractivity contribution in [2.45, 2.75) is 18.7 Å².